The molecule has 7 amide bonds. The number of ether oxygens (including phenoxy) is 2. The molecule has 0 aromatic heterocycles. The smallest absolute Gasteiger partial charge is 0.326 e. The molecule has 10 atom stereocenters. The van der Waals surface area contributed by atoms with Crippen molar-refractivity contribution >= 4 is 65.1 Å². The highest BCUT2D eigenvalue weighted by molar-refractivity contribution is 8.00. The molecule has 3 rings (SSSR count). The second-order valence-electron chi connectivity index (χ2n) is 20.1. The number of benzene rings is 1. The number of amides is 7. The van der Waals surface area contributed by atoms with E-state index in [9.17, 15) is 48.3 Å². The average molecular weight is 1030 g/mol. The first-order chi connectivity index (χ1) is 33.8. The molecule has 0 bridgehead atoms. The van der Waals surface area contributed by atoms with Crippen LogP contribution in [0.1, 0.15) is 112 Å². The number of hydrogen-bond donors (Lipinski definition) is 5. The van der Waals surface area contributed by atoms with Crippen LogP contribution in [0.15, 0.2) is 30.3 Å². The molecule has 0 saturated carbocycles. The van der Waals surface area contributed by atoms with Gasteiger partial charge in [0.25, 0.3) is 0 Å². The fourth-order valence-electron chi connectivity index (χ4n) is 9.37. The number of rotatable bonds is 30. The molecular formula is C51H81N7O13S. The number of thioether (sulfide) groups is 1. The van der Waals surface area contributed by atoms with Crippen LogP contribution in [-0.4, -0.2) is 183 Å². The highest BCUT2D eigenvalue weighted by atomic mass is 32.2. The second kappa shape index (κ2) is 28.4. The number of nitrogens with two attached hydrogens (primary N) is 1. The van der Waals surface area contributed by atoms with E-state index in [4.69, 9.17) is 20.3 Å². The van der Waals surface area contributed by atoms with Crippen LogP contribution in [0.25, 0.3) is 0 Å². The number of nitrogens with one attached hydrogen (secondary N) is 2. The van der Waals surface area contributed by atoms with Gasteiger partial charge in [0.1, 0.15) is 23.7 Å². The highest BCUT2D eigenvalue weighted by Crippen LogP contribution is 2.31. The summed E-state index contributed by atoms with van der Waals surface area (Å²) in [5, 5.41) is 23.9. The van der Waals surface area contributed by atoms with Crippen molar-refractivity contribution < 1.29 is 62.8 Å². The fourth-order valence-corrected chi connectivity index (χ4v) is 10.5. The fraction of sp³-hybridized carbons (Fsp3) is 0.706. The molecule has 2 saturated heterocycles. The van der Waals surface area contributed by atoms with Crippen molar-refractivity contribution in [2.75, 3.05) is 47.2 Å². The second-order valence-corrected chi connectivity index (χ2v) is 21.3. The number of carboxylic acid groups (broad SMARTS) is 2. The molecular weight excluding hydrogens is 951 g/mol. The maximum Gasteiger partial charge on any atom is 0.326 e. The van der Waals surface area contributed by atoms with Crippen LogP contribution in [0.2, 0.25) is 0 Å². The zero-order valence-corrected chi connectivity index (χ0v) is 44.9. The molecule has 1 aromatic rings. The zero-order valence-electron chi connectivity index (χ0n) is 44.1. The first-order valence-electron chi connectivity index (χ1n) is 25.0. The number of likely N-dealkylation sites (tertiary alicyclic amines) is 2. The third-order valence-electron chi connectivity index (χ3n) is 14.4. The predicted molar refractivity (Wildman–Crippen MR) is 271 cm³/mol. The number of aliphatic carboxylic acids is 2. The number of nitrogens with zero attached hydrogens (tertiary/aromatic N) is 4. The van der Waals surface area contributed by atoms with Crippen LogP contribution in [0.4, 0.5) is 0 Å². The van der Waals surface area contributed by atoms with Crippen molar-refractivity contribution in [3.8, 4) is 0 Å². The molecule has 20 nitrogen and oxygen atoms in total. The Morgan fingerprint density at radius 3 is 2.15 bits per heavy atom. The van der Waals surface area contributed by atoms with E-state index >= 15 is 0 Å². The van der Waals surface area contributed by atoms with E-state index < -0.39 is 88.8 Å². The van der Waals surface area contributed by atoms with Crippen molar-refractivity contribution in [3.63, 3.8) is 0 Å². The minimum atomic E-state index is -1.38. The number of unbranched alkanes of at least 4 members (excludes halogenated alkanes) is 2. The summed E-state index contributed by atoms with van der Waals surface area (Å²) in [6.45, 7) is 12.9. The average Bonchev–Trinajstić information content (AvgIpc) is 3.94. The van der Waals surface area contributed by atoms with E-state index in [1.54, 1.807) is 75.7 Å². The van der Waals surface area contributed by atoms with Crippen LogP contribution >= 0.6 is 11.8 Å². The molecule has 0 radical (unpaired) electrons. The van der Waals surface area contributed by atoms with Gasteiger partial charge in [-0.3, -0.25) is 43.3 Å². The van der Waals surface area contributed by atoms with Gasteiger partial charge in [-0.1, -0.05) is 77.8 Å². The van der Waals surface area contributed by atoms with Gasteiger partial charge in [0.2, 0.25) is 41.4 Å². The number of carboxylic acids is 2. The number of hydrogen-bond acceptors (Lipinski definition) is 13. The van der Waals surface area contributed by atoms with Gasteiger partial charge in [-0.2, -0.15) is 0 Å². The molecule has 6 N–H and O–H groups in total. The number of methoxy groups -OCH3 is 2. The topological polar surface area (TPSA) is 276 Å². The molecule has 1 aromatic carbocycles. The maximum atomic E-state index is 14.6. The lowest BCUT2D eigenvalue weighted by Crippen LogP contribution is -2.62. The van der Waals surface area contributed by atoms with Crippen LogP contribution < -0.4 is 16.4 Å². The van der Waals surface area contributed by atoms with Crippen LogP contribution in [0.5, 0.6) is 0 Å². The lowest BCUT2D eigenvalue weighted by molar-refractivity contribution is -0.150. The number of likely N-dealkylation sites (N-methyl/N-ethyl adjacent to an activating group) is 2. The minimum Gasteiger partial charge on any atom is -0.480 e. The molecule has 2 aliphatic heterocycles. The Bertz CT molecular complexity index is 2040. The Labute approximate surface area is 429 Å². The third kappa shape index (κ3) is 16.2. The van der Waals surface area contributed by atoms with Crippen LogP contribution in [-0.2, 0) is 59.0 Å². The summed E-state index contributed by atoms with van der Waals surface area (Å²) in [5.41, 5.74) is 4.92. The van der Waals surface area contributed by atoms with Gasteiger partial charge >= 0.3 is 11.9 Å². The summed E-state index contributed by atoms with van der Waals surface area (Å²) in [5.74, 6) is -6.48. The van der Waals surface area contributed by atoms with E-state index in [1.165, 1.54) is 31.1 Å². The monoisotopic (exact) mass is 1030 g/mol. The molecule has 2 aliphatic rings. The summed E-state index contributed by atoms with van der Waals surface area (Å²) in [6.07, 6.45) is 1.74. The largest absolute Gasteiger partial charge is 0.480 e. The summed E-state index contributed by atoms with van der Waals surface area (Å²) in [6, 6.07) is 4.56. The summed E-state index contributed by atoms with van der Waals surface area (Å²) >= 11 is 1.05. The molecule has 2 heterocycles. The first-order valence-corrected chi connectivity index (χ1v) is 26.1. The molecule has 2 fully saturated rings. The molecule has 0 spiro atoms. The van der Waals surface area contributed by atoms with Crippen LogP contribution in [0.3, 0.4) is 0 Å². The van der Waals surface area contributed by atoms with Crippen LogP contribution in [0, 0.1) is 17.8 Å². The Kier molecular flexibility index (Phi) is 24.1. The Balaban J connectivity index is 1.64. The van der Waals surface area contributed by atoms with Gasteiger partial charge in [-0.25, -0.2) is 4.79 Å². The van der Waals surface area contributed by atoms with Gasteiger partial charge in [0.05, 0.1) is 41.9 Å². The molecule has 1 unspecified atom stereocenters. The van der Waals surface area contributed by atoms with Gasteiger partial charge < -0.3 is 50.8 Å². The first kappa shape index (κ1) is 61.2. The standard InChI is InChI=1S/C51H81N7O13S/c1-12-31(4)43(37(70-10)27-40(60)57-25-19-22-36(57)44(71-11)32(5)45(62)53-35(49(67)68)26-33-20-15-13-16-21-33)55(8)47(64)42(30(2)3)54-50(69)51(6,7)56(9)39(59)23-17-14-18-24-58-41(61)28-38(46(58)63)72-29-34(52)48(65)66/h13,15-16,20-21,30-32,34-38,42-44H,12,14,17-19,22-29,52H2,1-11H3,(H,53,62)(H,54,69)(H,65,66)(H,67,68)/t31-,32+,34-,35-,36-,37+,38?,42-,43-,44+/m0/s1. The van der Waals surface area contributed by atoms with Crippen molar-refractivity contribution in [2.24, 2.45) is 23.5 Å². The molecule has 21 heteroatoms. The molecule has 72 heavy (non-hydrogen) atoms. The van der Waals surface area contributed by atoms with Gasteiger partial charge in [-0.15, -0.1) is 11.8 Å². The van der Waals surface area contributed by atoms with Crippen molar-refractivity contribution in [1.29, 1.82) is 0 Å². The lowest BCUT2D eigenvalue weighted by Gasteiger charge is -2.41. The van der Waals surface area contributed by atoms with E-state index in [2.05, 4.69) is 10.6 Å². The van der Waals surface area contributed by atoms with Gasteiger partial charge in [0.15, 0.2) is 0 Å². The summed E-state index contributed by atoms with van der Waals surface area (Å²) < 4.78 is 11.9. The molecule has 0 aliphatic carbocycles. The zero-order chi connectivity index (χ0) is 54.2. The number of carbonyl (C=O) groups is 9. The lowest BCUT2D eigenvalue weighted by atomic mass is 9.89. The molecule has 404 valence electrons. The Hall–Kier alpha value is -5.12. The van der Waals surface area contributed by atoms with Crippen molar-refractivity contribution in [1.82, 2.24) is 30.2 Å². The van der Waals surface area contributed by atoms with E-state index in [1.807, 2.05) is 19.9 Å². The minimum absolute atomic E-state index is 0.000924. The quantitative estimate of drug-likeness (QED) is 0.0548. The number of imide groups is 1. The maximum absolute atomic E-state index is 14.6. The predicted octanol–water partition coefficient (Wildman–Crippen LogP) is 2.93. The Morgan fingerprint density at radius 2 is 1.58 bits per heavy atom. The summed E-state index contributed by atoms with van der Waals surface area (Å²) in [4.78, 5) is 124. The van der Waals surface area contributed by atoms with Gasteiger partial charge in [0, 0.05) is 66.4 Å². The Morgan fingerprint density at radius 1 is 0.931 bits per heavy atom. The van der Waals surface area contributed by atoms with Crippen molar-refractivity contribution in [3.05, 3.63) is 35.9 Å². The van der Waals surface area contributed by atoms with E-state index in [0.717, 1.165) is 17.3 Å². The normalized spacial score (nSPS) is 19.5. The van der Waals surface area contributed by atoms with Crippen molar-refractivity contribution in [2.45, 2.75) is 166 Å². The third-order valence-corrected chi connectivity index (χ3v) is 15.7. The van der Waals surface area contributed by atoms with E-state index in [-0.39, 0.29) is 73.4 Å². The number of carbonyl (C=O) groups excluding carboxylic acids is 7. The van der Waals surface area contributed by atoms with Gasteiger partial charge in [-0.05, 0) is 56.9 Å². The summed E-state index contributed by atoms with van der Waals surface area (Å²) in [7, 11) is 6.10. The highest BCUT2D eigenvalue weighted by Gasteiger charge is 2.45. The SMILES string of the molecule is CC[C@H](C)[C@@H]([C@@H](CC(=O)N1CCC[C@H]1[C@H](OC)[C@@H](C)C(=O)N[C@@H](Cc1ccccc1)C(=O)O)OC)N(C)C(=O)[C@@H](NC(=O)C(C)(C)N(C)C(=O)CCCCCN1C(=O)CC(SC[C@H](N)C(=O)O)C1=O)C(C)C. The van der Waals surface area contributed by atoms with E-state index in [0.29, 0.717) is 45.1 Å².